The van der Waals surface area contributed by atoms with Crippen molar-refractivity contribution in [1.82, 2.24) is 10.3 Å². The summed E-state index contributed by atoms with van der Waals surface area (Å²) in [7, 11) is 0. The zero-order valence-electron chi connectivity index (χ0n) is 11.2. The number of hydrogen-bond donors (Lipinski definition) is 2. The van der Waals surface area contributed by atoms with Gasteiger partial charge in [0.25, 0.3) is 5.91 Å². The number of amides is 2. The van der Waals surface area contributed by atoms with E-state index in [4.69, 9.17) is 0 Å². The summed E-state index contributed by atoms with van der Waals surface area (Å²) in [4.78, 5) is 38.4. The van der Waals surface area contributed by atoms with Gasteiger partial charge in [-0.05, 0) is 11.4 Å². The molecular weight excluding hydrogens is 310 g/mol. The Bertz CT molecular complexity index is 649. The molecule has 0 atom stereocenters. The fourth-order valence-electron chi connectivity index (χ4n) is 1.46. The topological polar surface area (TPSA) is 88.2 Å². The van der Waals surface area contributed by atoms with Gasteiger partial charge in [0, 0.05) is 36.2 Å². The third-order valence-electron chi connectivity index (χ3n) is 2.53. The van der Waals surface area contributed by atoms with Gasteiger partial charge in [-0.3, -0.25) is 14.4 Å². The summed E-state index contributed by atoms with van der Waals surface area (Å²) >= 11 is 2.63. The zero-order valence-corrected chi connectivity index (χ0v) is 12.8. The number of hydrogen-bond acceptors (Lipinski definition) is 6. The Morgan fingerprint density at radius 2 is 2.10 bits per heavy atom. The Kier molecular flexibility index (Phi) is 5.18. The normalized spacial score (nSPS) is 10.1. The minimum Gasteiger partial charge on any atom is -0.351 e. The number of nitrogens with one attached hydrogen (secondary N) is 2. The number of Topliss-reactive ketones (excluding diaryl/α,β-unsaturated/α-hetero) is 1. The molecule has 8 heteroatoms. The number of ketones is 1. The van der Waals surface area contributed by atoms with Crippen LogP contribution in [-0.2, 0) is 4.79 Å². The molecule has 0 saturated carbocycles. The Balaban J connectivity index is 1.74. The van der Waals surface area contributed by atoms with Crippen LogP contribution in [0.2, 0.25) is 0 Å². The van der Waals surface area contributed by atoms with Gasteiger partial charge >= 0.3 is 0 Å². The molecule has 0 aliphatic heterocycles. The Labute approximate surface area is 129 Å². The average Bonchev–Trinajstić information content (AvgIpc) is 3.09. The number of nitrogens with zero attached hydrogens (tertiary/aromatic N) is 1. The average molecular weight is 323 g/mol. The standard InChI is InChI=1S/C13H13N3O3S2/c1-8(17)10-7-21-13(15-10)16-11(18)2-4-14-12(19)9-3-5-20-6-9/h3,5-7H,2,4H2,1H3,(H,14,19)(H,15,16,18). The molecule has 2 aromatic rings. The maximum absolute atomic E-state index is 11.7. The van der Waals surface area contributed by atoms with Crippen LogP contribution in [-0.4, -0.2) is 29.1 Å². The first-order valence-electron chi connectivity index (χ1n) is 6.13. The van der Waals surface area contributed by atoms with E-state index in [1.54, 1.807) is 16.8 Å². The van der Waals surface area contributed by atoms with Gasteiger partial charge in [0.2, 0.25) is 5.91 Å². The predicted octanol–water partition coefficient (Wildman–Crippen LogP) is 2.17. The molecule has 21 heavy (non-hydrogen) atoms. The highest BCUT2D eigenvalue weighted by atomic mass is 32.1. The summed E-state index contributed by atoms with van der Waals surface area (Å²) in [6.07, 6.45) is 0.144. The van der Waals surface area contributed by atoms with E-state index in [0.717, 1.165) is 0 Å². The Morgan fingerprint density at radius 3 is 2.71 bits per heavy atom. The van der Waals surface area contributed by atoms with E-state index >= 15 is 0 Å². The summed E-state index contributed by atoms with van der Waals surface area (Å²) in [5.74, 6) is -0.600. The molecule has 2 aromatic heterocycles. The van der Waals surface area contributed by atoms with Crippen molar-refractivity contribution >= 4 is 45.4 Å². The highest BCUT2D eigenvalue weighted by Crippen LogP contribution is 2.15. The van der Waals surface area contributed by atoms with E-state index in [-0.39, 0.29) is 30.6 Å². The fourth-order valence-corrected chi connectivity index (χ4v) is 2.86. The smallest absolute Gasteiger partial charge is 0.252 e. The Morgan fingerprint density at radius 1 is 1.29 bits per heavy atom. The van der Waals surface area contributed by atoms with Crippen LogP contribution in [0.4, 0.5) is 5.13 Å². The van der Waals surface area contributed by atoms with E-state index in [9.17, 15) is 14.4 Å². The lowest BCUT2D eigenvalue weighted by Gasteiger charge is -2.03. The number of carbonyl (C=O) groups is 3. The summed E-state index contributed by atoms with van der Waals surface area (Å²) < 4.78 is 0. The van der Waals surface area contributed by atoms with Crippen LogP contribution in [0.5, 0.6) is 0 Å². The maximum atomic E-state index is 11.7. The number of carbonyl (C=O) groups excluding carboxylic acids is 3. The number of rotatable bonds is 6. The molecule has 6 nitrogen and oxygen atoms in total. The number of thiazole rings is 1. The summed E-state index contributed by atoms with van der Waals surface area (Å²) in [5.41, 5.74) is 0.924. The predicted molar refractivity (Wildman–Crippen MR) is 82.0 cm³/mol. The first-order chi connectivity index (χ1) is 10.1. The zero-order chi connectivity index (χ0) is 15.2. The first-order valence-corrected chi connectivity index (χ1v) is 7.95. The number of aromatic nitrogens is 1. The minimum atomic E-state index is -0.259. The van der Waals surface area contributed by atoms with Crippen molar-refractivity contribution in [2.75, 3.05) is 11.9 Å². The molecule has 0 saturated heterocycles. The van der Waals surface area contributed by atoms with Gasteiger partial charge < -0.3 is 10.6 Å². The molecule has 0 aromatic carbocycles. The summed E-state index contributed by atoms with van der Waals surface area (Å²) in [6.45, 7) is 1.66. The Hall–Kier alpha value is -2.06. The van der Waals surface area contributed by atoms with Crippen molar-refractivity contribution in [3.05, 3.63) is 33.5 Å². The monoisotopic (exact) mass is 323 g/mol. The number of thiophene rings is 1. The molecule has 0 unspecified atom stereocenters. The molecule has 2 heterocycles. The van der Waals surface area contributed by atoms with Gasteiger partial charge in [-0.15, -0.1) is 11.3 Å². The third kappa shape index (κ3) is 4.47. The molecule has 110 valence electrons. The minimum absolute atomic E-state index is 0.144. The lowest BCUT2D eigenvalue weighted by molar-refractivity contribution is -0.116. The molecule has 0 spiro atoms. The highest BCUT2D eigenvalue weighted by Gasteiger charge is 2.10. The lowest BCUT2D eigenvalue weighted by atomic mass is 10.3. The van der Waals surface area contributed by atoms with Crippen molar-refractivity contribution in [3.8, 4) is 0 Å². The van der Waals surface area contributed by atoms with Gasteiger partial charge in [0.05, 0.1) is 0 Å². The lowest BCUT2D eigenvalue weighted by Crippen LogP contribution is -2.27. The van der Waals surface area contributed by atoms with Crippen LogP contribution < -0.4 is 10.6 Å². The van der Waals surface area contributed by atoms with Crippen molar-refractivity contribution < 1.29 is 14.4 Å². The fraction of sp³-hybridized carbons (Fsp3) is 0.231. The van der Waals surface area contributed by atoms with Crippen molar-refractivity contribution in [3.63, 3.8) is 0 Å². The van der Waals surface area contributed by atoms with Gasteiger partial charge in [-0.2, -0.15) is 11.3 Å². The molecule has 0 aliphatic rings. The molecular formula is C13H13N3O3S2. The molecule has 0 aliphatic carbocycles. The SMILES string of the molecule is CC(=O)c1csc(NC(=O)CCNC(=O)c2ccsc2)n1. The van der Waals surface area contributed by atoms with E-state index in [1.165, 1.54) is 29.6 Å². The van der Waals surface area contributed by atoms with Crippen LogP contribution in [0, 0.1) is 0 Å². The van der Waals surface area contributed by atoms with Gasteiger partial charge in [0.15, 0.2) is 10.9 Å². The summed E-state index contributed by atoms with van der Waals surface area (Å²) in [6, 6.07) is 1.72. The van der Waals surface area contributed by atoms with Crippen molar-refractivity contribution in [2.45, 2.75) is 13.3 Å². The second-order valence-electron chi connectivity index (χ2n) is 4.16. The molecule has 2 amide bonds. The third-order valence-corrected chi connectivity index (χ3v) is 3.97. The second-order valence-corrected chi connectivity index (χ2v) is 5.80. The van der Waals surface area contributed by atoms with Crippen LogP contribution in [0.3, 0.4) is 0 Å². The molecule has 2 N–H and O–H groups in total. The van der Waals surface area contributed by atoms with E-state index < -0.39 is 0 Å². The first kappa shape index (κ1) is 15.3. The quantitative estimate of drug-likeness (QED) is 0.797. The van der Waals surface area contributed by atoms with Crippen LogP contribution in [0.15, 0.2) is 22.2 Å². The van der Waals surface area contributed by atoms with Crippen molar-refractivity contribution in [2.24, 2.45) is 0 Å². The van der Waals surface area contributed by atoms with E-state index in [1.807, 2.05) is 5.38 Å². The molecule has 0 bridgehead atoms. The van der Waals surface area contributed by atoms with Crippen LogP contribution in [0.1, 0.15) is 34.2 Å². The van der Waals surface area contributed by atoms with Gasteiger partial charge in [-0.1, -0.05) is 0 Å². The molecule has 0 radical (unpaired) electrons. The van der Waals surface area contributed by atoms with E-state index in [2.05, 4.69) is 15.6 Å². The van der Waals surface area contributed by atoms with E-state index in [0.29, 0.717) is 16.4 Å². The molecule has 0 fully saturated rings. The van der Waals surface area contributed by atoms with Gasteiger partial charge in [0.1, 0.15) is 5.69 Å². The highest BCUT2D eigenvalue weighted by molar-refractivity contribution is 7.14. The van der Waals surface area contributed by atoms with Gasteiger partial charge in [-0.25, -0.2) is 4.98 Å². The maximum Gasteiger partial charge on any atom is 0.252 e. The van der Waals surface area contributed by atoms with Crippen molar-refractivity contribution in [1.29, 1.82) is 0 Å². The summed E-state index contributed by atoms with van der Waals surface area (Å²) in [5, 5.41) is 10.8. The largest absolute Gasteiger partial charge is 0.351 e. The second kappa shape index (κ2) is 7.09. The van der Waals surface area contributed by atoms with Crippen LogP contribution >= 0.6 is 22.7 Å². The number of anilines is 1. The van der Waals surface area contributed by atoms with Crippen LogP contribution in [0.25, 0.3) is 0 Å². The molecule has 2 rings (SSSR count).